The van der Waals surface area contributed by atoms with Crippen LogP contribution in [-0.2, 0) is 38.2 Å². The summed E-state index contributed by atoms with van der Waals surface area (Å²) in [6.07, 6.45) is 27.8. The summed E-state index contributed by atoms with van der Waals surface area (Å²) in [5.74, 6) is 17.4. The summed E-state index contributed by atoms with van der Waals surface area (Å²) in [5.41, 5.74) is 4.89. The van der Waals surface area contributed by atoms with E-state index in [-0.39, 0.29) is 60.4 Å². The number of thioether (sulfide) groups is 3. The summed E-state index contributed by atoms with van der Waals surface area (Å²) in [7, 11) is 18.6. The number of ketones is 2. The standard InChI is InChI=1S/C16H18O3S2.C15H16O2S2.C13H14S2.C11H21NO.C11H20O2.C8H17NO.C8H16O2.C7H14S4.C7H14S3.C7H14S2/c1-10(2)13(17)8-19-14-5-4-11(6-15(14)18-3)16-7-12(20)9-21-16;1-10(2)14(16)8-17-12-5-3-11(4-6-12)15-7-13(18)9-19-15;1-9(2)10-3-5-11(6-4-10)13-7-12(14)8-15-13;1-4-5-6-7-11(13)12-9-8-10(2)3;1-4-5-6-7-11(12)13-9-8-10(2)3;1-4-8(10)9-6-5-7(2)3;1-4-8(9)10-6-5-7(2)3;1-4-5-8-10-11-9-6-7(2)3;1-4-5-8-10-9-6-7(2)3;1-4-5-8-9-6-7(2)3/h4-7,10H,8-9H2,1-3H3;3-7,10H,8-9H2,1-2H3;3-7,9H,8H2,1-2H3;5-6,10H,4,7-9H2,1-3H3,(H,12,13);5-6,10H,4,7-9H2,1-3H3;7H,4-6H2,1-3H3,(H,9,10);7H,4-6H2,1-3H3;4,7H,1,5-6H2,2-3H3;4,7H,1,5-6H2,2-3H3;4,7H,1,5-6H2,2-3H3/b;;;2*6-5-;;;;;. The monoisotopic (exact) mass is 2080 g/mol. The molecule has 2 amide bonds. The number of amides is 2. The SMILES string of the molecule is C=CCSSCC(C)C.C=CCSSSCC(C)C.C=CCSSSSCC(C)C.CC(C)C(=O)COc1ccc(C2=CC(=S)CS2)cc1.CC(C)c1ccc(C2=CC(=S)CS2)cc1.CC/C=C\CC(=O)NCCC(C)C.CC/C=C\CC(=O)OCCC(C)C.CCC(=O)NCCC(C)C.CCC(=O)OCCC(C)C.COc1cc(C2=CC(=S)CS2)ccc1OCC(=O)C(C)C. The van der Waals surface area contributed by atoms with Crippen LogP contribution < -0.4 is 24.8 Å². The predicted molar refractivity (Wildman–Crippen MR) is 617 cm³/mol. The van der Waals surface area contributed by atoms with Gasteiger partial charge in [-0.2, -0.15) is 0 Å². The Bertz CT molecular complexity index is 3680. The molecule has 0 aliphatic carbocycles. The van der Waals surface area contributed by atoms with Crippen molar-refractivity contribution in [3.8, 4) is 17.2 Å². The Morgan fingerprint density at radius 2 is 0.809 bits per heavy atom. The van der Waals surface area contributed by atoms with Crippen molar-refractivity contribution < 1.29 is 52.5 Å². The number of esters is 2. The zero-order valence-electron chi connectivity index (χ0n) is 83.8. The first-order valence-electron chi connectivity index (χ1n) is 45.7. The maximum Gasteiger partial charge on any atom is 0.309 e. The van der Waals surface area contributed by atoms with Crippen molar-refractivity contribution in [2.75, 3.05) is 98.4 Å². The molecule has 0 atom stereocenters. The summed E-state index contributed by atoms with van der Waals surface area (Å²) in [6, 6.07) is 22.3. The molecule has 0 saturated heterocycles. The molecule has 3 aliphatic rings. The van der Waals surface area contributed by atoms with E-state index < -0.39 is 0 Å². The van der Waals surface area contributed by atoms with Crippen molar-refractivity contribution in [2.24, 2.45) is 53.3 Å². The van der Waals surface area contributed by atoms with Gasteiger partial charge in [-0.1, -0.05) is 347 Å². The number of benzene rings is 3. The van der Waals surface area contributed by atoms with E-state index in [1.54, 1.807) is 37.6 Å². The van der Waals surface area contributed by atoms with E-state index >= 15 is 0 Å². The third kappa shape index (κ3) is 85.6. The minimum atomic E-state index is -0.120. The summed E-state index contributed by atoms with van der Waals surface area (Å²) >= 11 is 20.8. The Morgan fingerprint density at radius 3 is 1.21 bits per heavy atom. The molecule has 3 aromatic carbocycles. The van der Waals surface area contributed by atoms with E-state index in [2.05, 4.69) is 178 Å². The van der Waals surface area contributed by atoms with Crippen LogP contribution in [0.15, 0.2) is 147 Å². The molecule has 3 aromatic rings. The maximum absolute atomic E-state index is 11.6. The van der Waals surface area contributed by atoms with Gasteiger partial charge >= 0.3 is 11.9 Å². The van der Waals surface area contributed by atoms with Crippen LogP contribution in [0, 0.1) is 53.3 Å². The van der Waals surface area contributed by atoms with E-state index in [9.17, 15) is 28.8 Å². The average molecular weight is 2090 g/mol. The molecular weight excluding hydrogens is 1920 g/mol. The molecule has 0 spiro atoms. The molecular formula is C103H164N2O11S15. The molecule has 131 heavy (non-hydrogen) atoms. The largest absolute Gasteiger partial charge is 0.493 e. The van der Waals surface area contributed by atoms with Crippen molar-refractivity contribution in [2.45, 2.75) is 236 Å². The van der Waals surface area contributed by atoms with Gasteiger partial charge in [-0.05, 0) is 186 Å². The van der Waals surface area contributed by atoms with Gasteiger partial charge in [0.05, 0.1) is 26.7 Å². The molecule has 3 heterocycles. The topological polar surface area (TPSA) is 173 Å². The van der Waals surface area contributed by atoms with E-state index in [1.165, 1.54) is 38.2 Å². The highest BCUT2D eigenvalue weighted by molar-refractivity contribution is 9.26. The second-order valence-corrected chi connectivity index (χ2v) is 51.1. The summed E-state index contributed by atoms with van der Waals surface area (Å²) in [4.78, 5) is 73.2. The number of hydrogen-bond acceptors (Lipinski definition) is 26. The molecule has 13 nitrogen and oxygen atoms in total. The Morgan fingerprint density at radius 1 is 0.420 bits per heavy atom. The quantitative estimate of drug-likeness (QED) is 0.0179. The zero-order valence-corrected chi connectivity index (χ0v) is 96.1. The van der Waals surface area contributed by atoms with Crippen LogP contribution in [0.5, 0.6) is 17.2 Å². The van der Waals surface area contributed by atoms with Gasteiger partial charge in [0, 0.05) is 125 Å². The molecule has 0 bridgehead atoms. The normalized spacial score (nSPS) is 12.3. The van der Waals surface area contributed by atoms with Gasteiger partial charge in [0.1, 0.15) is 19.0 Å². The second kappa shape index (κ2) is 90.5. The van der Waals surface area contributed by atoms with Gasteiger partial charge in [0.15, 0.2) is 23.1 Å². The first kappa shape index (κ1) is 134. The van der Waals surface area contributed by atoms with Crippen LogP contribution in [0.3, 0.4) is 0 Å². The van der Waals surface area contributed by atoms with Gasteiger partial charge < -0.3 is 34.3 Å². The lowest BCUT2D eigenvalue weighted by molar-refractivity contribution is -0.144. The number of hydrogen-bond donors (Lipinski definition) is 2. The van der Waals surface area contributed by atoms with Crippen LogP contribution in [0.4, 0.5) is 0 Å². The second-order valence-electron chi connectivity index (χ2n) is 33.5. The number of thiocarbonyl (C=S) groups is 3. The first-order chi connectivity index (χ1) is 62.2. The van der Waals surface area contributed by atoms with Crippen LogP contribution in [0.1, 0.15) is 259 Å². The van der Waals surface area contributed by atoms with Crippen LogP contribution >= 0.6 is 166 Å². The fourth-order valence-corrected chi connectivity index (χ4v) is 24.6. The Kier molecular flexibility index (Phi) is 92.5. The minimum Gasteiger partial charge on any atom is -0.493 e. The van der Waals surface area contributed by atoms with Crippen molar-refractivity contribution in [1.29, 1.82) is 0 Å². The molecule has 28 heteroatoms. The molecule has 0 saturated carbocycles. The van der Waals surface area contributed by atoms with Crippen LogP contribution in [0.25, 0.3) is 14.7 Å². The van der Waals surface area contributed by atoms with Gasteiger partial charge in [0.2, 0.25) is 11.8 Å². The van der Waals surface area contributed by atoms with E-state index in [4.69, 9.17) is 60.3 Å². The number of Topliss-reactive ketones (excluding diaryl/α,β-unsaturated/α-hetero) is 2. The highest BCUT2D eigenvalue weighted by Gasteiger charge is 2.18. The highest BCUT2D eigenvalue weighted by atomic mass is 33.7. The number of carbonyl (C=O) groups is 6. The van der Waals surface area contributed by atoms with E-state index in [0.29, 0.717) is 80.0 Å². The zero-order chi connectivity index (χ0) is 99.7. The van der Waals surface area contributed by atoms with Crippen molar-refractivity contribution in [1.82, 2.24) is 10.6 Å². The van der Waals surface area contributed by atoms with Gasteiger partial charge in [-0.15, -0.1) is 55.0 Å². The van der Waals surface area contributed by atoms with Crippen molar-refractivity contribution in [3.05, 3.63) is 169 Å². The van der Waals surface area contributed by atoms with Gasteiger partial charge in [-0.25, -0.2) is 0 Å². The van der Waals surface area contributed by atoms with Crippen molar-refractivity contribution in [3.63, 3.8) is 0 Å². The summed E-state index contributed by atoms with van der Waals surface area (Å²) < 4.78 is 26.3. The molecule has 0 unspecified atom stereocenters. The van der Waals surface area contributed by atoms with Gasteiger partial charge in [-0.3, -0.25) is 28.8 Å². The lowest BCUT2D eigenvalue weighted by Crippen LogP contribution is -2.24. The minimum absolute atomic E-state index is 0.0142. The first-order valence-corrected chi connectivity index (χ1v) is 61.4. The third-order valence-corrected chi connectivity index (χ3v) is 35.1. The predicted octanol–water partition coefficient (Wildman–Crippen LogP) is 32.3. The molecule has 3 aliphatic heterocycles. The smallest absolute Gasteiger partial charge is 0.309 e. The molecule has 0 aromatic heterocycles. The van der Waals surface area contributed by atoms with E-state index in [1.807, 2.05) is 245 Å². The lowest BCUT2D eigenvalue weighted by Gasteiger charge is -2.13. The number of allylic oxidation sites excluding steroid dienone is 5. The van der Waals surface area contributed by atoms with Crippen LogP contribution in [0.2, 0.25) is 0 Å². The number of rotatable bonds is 51. The van der Waals surface area contributed by atoms with E-state index in [0.717, 1.165) is 140 Å². The Balaban J connectivity index is -0.000000693. The maximum atomic E-state index is 11.6. The summed E-state index contributed by atoms with van der Waals surface area (Å²) in [5, 5.41) is 5.71. The molecule has 0 radical (unpaired) electrons. The fraction of sp³-hybridized carbons (Fsp3) is 0.583. The average Bonchev–Trinajstić information content (AvgIpc) is 1.03. The molecule has 6 rings (SSSR count). The third-order valence-electron chi connectivity index (χ3n) is 16.5. The number of nitrogens with one attached hydrogen (secondary N) is 2. The van der Waals surface area contributed by atoms with Crippen molar-refractivity contribution >= 4 is 231 Å². The molecule has 0 fully saturated rings. The molecule has 2 N–H and O–H groups in total. The number of methoxy groups -OCH3 is 1. The fourth-order valence-electron chi connectivity index (χ4n) is 8.67. The highest BCUT2D eigenvalue weighted by Crippen LogP contribution is 2.44. The lowest BCUT2D eigenvalue weighted by atomic mass is 10.0. The Hall–Kier alpha value is -3.33. The molecule has 742 valence electrons. The number of carbonyl (C=O) groups excluding carboxylic acids is 6. The number of ether oxygens (including phenoxy) is 5. The van der Waals surface area contributed by atoms with Gasteiger partial charge in [0.25, 0.3) is 0 Å². The Labute approximate surface area is 860 Å². The summed E-state index contributed by atoms with van der Waals surface area (Å²) in [6.45, 7) is 64.1. The van der Waals surface area contributed by atoms with Crippen LogP contribution in [-0.4, -0.2) is 148 Å².